The molecule has 1 heterocycles. The highest BCUT2D eigenvalue weighted by Crippen LogP contribution is 2.04. The highest BCUT2D eigenvalue weighted by molar-refractivity contribution is 6.18. The third kappa shape index (κ3) is 1.99. The van der Waals surface area contributed by atoms with Gasteiger partial charge in [-0.1, -0.05) is 6.92 Å². The Kier molecular flexibility index (Phi) is 3.12. The Bertz CT molecular complexity index is 287. The molecule has 0 N–H and O–H groups in total. The highest BCUT2D eigenvalue weighted by Gasteiger charge is 2.05. The van der Waals surface area contributed by atoms with E-state index in [0.29, 0.717) is 17.6 Å². The van der Waals surface area contributed by atoms with E-state index in [1.54, 1.807) is 12.4 Å². The van der Waals surface area contributed by atoms with Gasteiger partial charge in [-0.3, -0.25) is 0 Å². The van der Waals surface area contributed by atoms with Crippen molar-refractivity contribution < 1.29 is 0 Å². The lowest BCUT2D eigenvalue weighted by atomic mass is 10.2. The van der Waals surface area contributed by atoms with Crippen LogP contribution in [-0.4, -0.2) is 15.4 Å². The molecule has 0 aliphatic carbocycles. The lowest BCUT2D eigenvalue weighted by Crippen LogP contribution is -2.09. The second-order valence-corrected chi connectivity index (χ2v) is 3.08. The Balaban J connectivity index is 2.69. The van der Waals surface area contributed by atoms with E-state index in [9.17, 15) is 0 Å². The van der Waals surface area contributed by atoms with E-state index in [-0.39, 0.29) is 0 Å². The van der Waals surface area contributed by atoms with Gasteiger partial charge in [0, 0.05) is 24.8 Å². The summed E-state index contributed by atoms with van der Waals surface area (Å²) in [4.78, 5) is 3.88. The van der Waals surface area contributed by atoms with Gasteiger partial charge in [0.15, 0.2) is 0 Å². The topological polar surface area (TPSA) is 41.6 Å². The smallest absolute Gasteiger partial charge is 0.212 e. The molecule has 1 aromatic heterocycles. The van der Waals surface area contributed by atoms with Crippen LogP contribution in [-0.2, 0) is 6.54 Å². The number of hydrogen-bond acceptors (Lipinski definition) is 2. The number of imidazole rings is 1. The van der Waals surface area contributed by atoms with Crippen molar-refractivity contribution in [3.63, 3.8) is 0 Å². The molecular formula is C8H10ClN3. The van der Waals surface area contributed by atoms with Gasteiger partial charge in [0.2, 0.25) is 5.82 Å². The predicted octanol–water partition coefficient (Wildman–Crippen LogP) is 1.63. The lowest BCUT2D eigenvalue weighted by molar-refractivity contribution is 0.524. The fourth-order valence-corrected chi connectivity index (χ4v) is 1.05. The van der Waals surface area contributed by atoms with Crippen molar-refractivity contribution in [1.29, 1.82) is 5.26 Å². The van der Waals surface area contributed by atoms with Gasteiger partial charge in [0.05, 0.1) is 0 Å². The van der Waals surface area contributed by atoms with Crippen molar-refractivity contribution in [2.45, 2.75) is 13.5 Å². The van der Waals surface area contributed by atoms with Crippen molar-refractivity contribution >= 4 is 11.6 Å². The number of nitriles is 1. The molecule has 0 saturated heterocycles. The molecule has 12 heavy (non-hydrogen) atoms. The van der Waals surface area contributed by atoms with Gasteiger partial charge in [-0.25, -0.2) is 4.98 Å². The summed E-state index contributed by atoms with van der Waals surface area (Å²) in [6.45, 7) is 2.79. The molecule has 0 amide bonds. The summed E-state index contributed by atoms with van der Waals surface area (Å²) in [5, 5.41) is 8.63. The van der Waals surface area contributed by atoms with E-state index in [2.05, 4.69) is 4.98 Å². The fraction of sp³-hybridized carbons (Fsp3) is 0.500. The molecular weight excluding hydrogens is 174 g/mol. The minimum atomic E-state index is 0.368. The third-order valence-corrected chi connectivity index (χ3v) is 2.11. The molecule has 3 nitrogen and oxygen atoms in total. The first-order chi connectivity index (χ1) is 5.77. The zero-order valence-corrected chi connectivity index (χ0v) is 7.62. The SMILES string of the molecule is CC(CCl)Cn1ccnc1C#N. The fourth-order valence-electron chi connectivity index (χ4n) is 0.954. The first-order valence-corrected chi connectivity index (χ1v) is 4.28. The molecule has 64 valence electrons. The van der Waals surface area contributed by atoms with Gasteiger partial charge >= 0.3 is 0 Å². The van der Waals surface area contributed by atoms with E-state index >= 15 is 0 Å². The highest BCUT2D eigenvalue weighted by atomic mass is 35.5. The summed E-state index contributed by atoms with van der Waals surface area (Å²) < 4.78 is 1.81. The summed E-state index contributed by atoms with van der Waals surface area (Å²) in [7, 11) is 0. The monoisotopic (exact) mass is 183 g/mol. The van der Waals surface area contributed by atoms with Crippen LogP contribution in [0.5, 0.6) is 0 Å². The van der Waals surface area contributed by atoms with Crippen LogP contribution in [0.2, 0.25) is 0 Å². The standard InChI is InChI=1S/C8H10ClN3/c1-7(4-9)6-12-3-2-11-8(12)5-10/h2-3,7H,4,6H2,1H3. The van der Waals surface area contributed by atoms with Crippen LogP contribution in [0.3, 0.4) is 0 Å². The number of halogens is 1. The largest absolute Gasteiger partial charge is 0.322 e. The normalized spacial score (nSPS) is 12.4. The van der Waals surface area contributed by atoms with Gasteiger partial charge in [-0.05, 0) is 5.92 Å². The quantitative estimate of drug-likeness (QED) is 0.669. The van der Waals surface area contributed by atoms with Gasteiger partial charge in [0.25, 0.3) is 0 Å². The Morgan fingerprint density at radius 3 is 3.17 bits per heavy atom. The van der Waals surface area contributed by atoms with E-state index < -0.39 is 0 Å². The van der Waals surface area contributed by atoms with Crippen LogP contribution < -0.4 is 0 Å². The first-order valence-electron chi connectivity index (χ1n) is 3.75. The zero-order valence-electron chi connectivity index (χ0n) is 6.87. The lowest BCUT2D eigenvalue weighted by Gasteiger charge is -2.07. The molecule has 0 fully saturated rings. The zero-order chi connectivity index (χ0) is 8.97. The molecule has 1 rings (SSSR count). The molecule has 0 bridgehead atoms. The molecule has 1 aromatic rings. The Hall–Kier alpha value is -1.01. The molecule has 0 aliphatic rings. The van der Waals surface area contributed by atoms with Crippen LogP contribution in [0.1, 0.15) is 12.7 Å². The Labute approximate surface area is 76.6 Å². The minimum Gasteiger partial charge on any atom is -0.322 e. The average Bonchev–Trinajstić information content (AvgIpc) is 2.51. The summed E-state index contributed by atoms with van der Waals surface area (Å²) in [5.74, 6) is 1.42. The summed E-state index contributed by atoms with van der Waals surface area (Å²) >= 11 is 5.65. The molecule has 0 spiro atoms. The maximum Gasteiger partial charge on any atom is 0.212 e. The van der Waals surface area contributed by atoms with E-state index in [1.807, 2.05) is 17.6 Å². The number of aromatic nitrogens is 2. The summed E-state index contributed by atoms with van der Waals surface area (Å²) in [5.41, 5.74) is 0. The van der Waals surface area contributed by atoms with Crippen molar-refractivity contribution in [3.05, 3.63) is 18.2 Å². The van der Waals surface area contributed by atoms with E-state index in [1.165, 1.54) is 0 Å². The van der Waals surface area contributed by atoms with Gasteiger partial charge in [0.1, 0.15) is 6.07 Å². The second-order valence-electron chi connectivity index (χ2n) is 2.77. The Morgan fingerprint density at radius 2 is 2.58 bits per heavy atom. The molecule has 0 saturated carbocycles. The van der Waals surface area contributed by atoms with Crippen molar-refractivity contribution in [2.75, 3.05) is 5.88 Å². The van der Waals surface area contributed by atoms with Crippen LogP contribution in [0.15, 0.2) is 12.4 Å². The molecule has 1 atom stereocenters. The first kappa shape index (κ1) is 9.08. The number of alkyl halides is 1. The van der Waals surface area contributed by atoms with Gasteiger partial charge in [-0.2, -0.15) is 5.26 Å². The van der Waals surface area contributed by atoms with Gasteiger partial charge in [-0.15, -0.1) is 11.6 Å². The van der Waals surface area contributed by atoms with E-state index in [4.69, 9.17) is 16.9 Å². The van der Waals surface area contributed by atoms with Crippen LogP contribution in [0.25, 0.3) is 0 Å². The van der Waals surface area contributed by atoms with Crippen molar-refractivity contribution in [1.82, 2.24) is 9.55 Å². The maximum atomic E-state index is 8.63. The van der Waals surface area contributed by atoms with Gasteiger partial charge < -0.3 is 4.57 Å². The van der Waals surface area contributed by atoms with Crippen molar-refractivity contribution in [2.24, 2.45) is 5.92 Å². The van der Waals surface area contributed by atoms with Crippen molar-refractivity contribution in [3.8, 4) is 6.07 Å². The molecule has 0 aliphatic heterocycles. The van der Waals surface area contributed by atoms with E-state index in [0.717, 1.165) is 6.54 Å². The average molecular weight is 184 g/mol. The van der Waals surface area contributed by atoms with Crippen LogP contribution in [0, 0.1) is 17.2 Å². The second kappa shape index (κ2) is 4.13. The summed E-state index contributed by atoms with van der Waals surface area (Å²) in [6, 6.07) is 2.01. The Morgan fingerprint density at radius 1 is 1.83 bits per heavy atom. The molecule has 0 radical (unpaired) electrons. The molecule has 4 heteroatoms. The number of rotatable bonds is 3. The number of hydrogen-bond donors (Lipinski definition) is 0. The molecule has 1 unspecified atom stereocenters. The van der Waals surface area contributed by atoms with Crippen LogP contribution in [0.4, 0.5) is 0 Å². The third-order valence-electron chi connectivity index (χ3n) is 1.59. The maximum absolute atomic E-state index is 8.63. The predicted molar refractivity (Wildman–Crippen MR) is 46.8 cm³/mol. The minimum absolute atomic E-state index is 0.368. The van der Waals surface area contributed by atoms with Crippen LogP contribution >= 0.6 is 11.6 Å². The number of nitrogens with zero attached hydrogens (tertiary/aromatic N) is 3. The summed E-state index contributed by atoms with van der Waals surface area (Å²) in [6.07, 6.45) is 3.42. The molecule has 0 aromatic carbocycles.